The maximum Gasteiger partial charge on any atom is 0.176 e. The van der Waals surface area contributed by atoms with Crippen molar-refractivity contribution in [3.8, 4) is 0 Å². The fourth-order valence-corrected chi connectivity index (χ4v) is 2.87. The second kappa shape index (κ2) is 4.87. The minimum Gasteiger partial charge on any atom is -0.261 e. The van der Waals surface area contributed by atoms with Gasteiger partial charge in [-0.15, -0.1) is 5.10 Å². The first-order chi connectivity index (χ1) is 10.7. The fraction of sp³-hybridized carbons (Fsp3) is 0.308. The molecule has 0 aliphatic carbocycles. The summed E-state index contributed by atoms with van der Waals surface area (Å²) in [5, 5.41) is 14.0. The third-order valence-corrected chi connectivity index (χ3v) is 4.07. The van der Waals surface area contributed by atoms with Crippen molar-refractivity contribution in [2.75, 3.05) is 0 Å². The van der Waals surface area contributed by atoms with Crippen molar-refractivity contribution in [1.29, 1.82) is 0 Å². The van der Waals surface area contributed by atoms with E-state index in [9.17, 15) is 0 Å². The van der Waals surface area contributed by atoms with Gasteiger partial charge in [0.25, 0.3) is 0 Å². The van der Waals surface area contributed by atoms with Gasteiger partial charge in [-0.3, -0.25) is 9.36 Å². The second-order valence-corrected chi connectivity index (χ2v) is 5.97. The molecule has 0 aliphatic heterocycles. The van der Waals surface area contributed by atoms with Gasteiger partial charge in [-0.05, 0) is 22.4 Å². The Balaban J connectivity index is 1.89. The third kappa shape index (κ3) is 1.92. The minimum atomic E-state index is -0.0158. The molecule has 0 bridgehead atoms. The first kappa shape index (κ1) is 13.4. The van der Waals surface area contributed by atoms with Gasteiger partial charge in [0.15, 0.2) is 17.1 Å². The predicted octanol–water partition coefficient (Wildman–Crippen LogP) is 1.97. The molecule has 4 rings (SSSR count). The lowest BCUT2D eigenvalue weighted by Gasteiger charge is -2.10. The van der Waals surface area contributed by atoms with Crippen LogP contribution in [0.5, 0.6) is 0 Å². The molecule has 4 aromatic heterocycles. The smallest absolute Gasteiger partial charge is 0.176 e. The fourth-order valence-electron chi connectivity index (χ4n) is 2.57. The van der Waals surface area contributed by atoms with Crippen LogP contribution < -0.4 is 0 Å². The van der Waals surface area contributed by atoms with Crippen LogP contribution in [-0.4, -0.2) is 39.1 Å². The number of aromatic nitrogens is 8. The molecule has 4 heterocycles. The Labute approximate surface area is 133 Å². The summed E-state index contributed by atoms with van der Waals surface area (Å²) in [6, 6.07) is -0.0158. The maximum atomic E-state index is 4.69. The molecule has 0 radical (unpaired) electrons. The molecule has 0 aliphatic rings. The summed E-state index contributed by atoms with van der Waals surface area (Å²) in [7, 11) is 1.86. The van der Waals surface area contributed by atoms with E-state index in [4.69, 9.17) is 4.98 Å². The van der Waals surface area contributed by atoms with Crippen LogP contribution in [0.25, 0.3) is 16.7 Å². The van der Waals surface area contributed by atoms with Crippen molar-refractivity contribution >= 4 is 32.6 Å². The van der Waals surface area contributed by atoms with E-state index in [0.29, 0.717) is 0 Å². The van der Waals surface area contributed by atoms with Gasteiger partial charge in [-0.25, -0.2) is 14.5 Å². The molecule has 4 aromatic rings. The Kier molecular flexibility index (Phi) is 2.96. The molecule has 8 nitrogen and oxygen atoms in total. The first-order valence-electron chi connectivity index (χ1n) is 6.90. The molecule has 1 atom stereocenters. The van der Waals surface area contributed by atoms with Crippen molar-refractivity contribution in [3.05, 3.63) is 35.2 Å². The molecular weight excluding hydrogens is 348 g/mol. The largest absolute Gasteiger partial charge is 0.261 e. The second-order valence-electron chi connectivity index (χ2n) is 5.05. The normalized spacial score (nSPS) is 13.2. The number of aryl methyl sites for hydroxylation is 1. The summed E-state index contributed by atoms with van der Waals surface area (Å²) in [6.07, 6.45) is 7.97. The van der Waals surface area contributed by atoms with Crippen molar-refractivity contribution in [1.82, 2.24) is 39.1 Å². The van der Waals surface area contributed by atoms with Crippen molar-refractivity contribution in [2.24, 2.45) is 7.05 Å². The van der Waals surface area contributed by atoms with E-state index < -0.39 is 0 Å². The van der Waals surface area contributed by atoms with E-state index in [1.54, 1.807) is 27.9 Å². The zero-order valence-corrected chi connectivity index (χ0v) is 13.6. The van der Waals surface area contributed by atoms with Gasteiger partial charge in [-0.2, -0.15) is 10.2 Å². The number of nitrogens with zero attached hydrogens (tertiary/aromatic N) is 8. The number of hydrogen-bond donors (Lipinski definition) is 0. The summed E-state index contributed by atoms with van der Waals surface area (Å²) >= 11 is 3.42. The Hall–Kier alpha value is -2.29. The molecule has 0 saturated heterocycles. The predicted molar refractivity (Wildman–Crippen MR) is 83.4 cm³/mol. The van der Waals surface area contributed by atoms with Gasteiger partial charge in [0, 0.05) is 13.2 Å². The Bertz CT molecular complexity index is 965. The highest BCUT2D eigenvalue weighted by Crippen LogP contribution is 2.23. The molecule has 0 saturated carbocycles. The Morgan fingerprint density at radius 2 is 2.09 bits per heavy atom. The summed E-state index contributed by atoms with van der Waals surface area (Å²) in [6.45, 7) is 2.09. The summed E-state index contributed by atoms with van der Waals surface area (Å²) in [5.74, 6) is 0.719. The molecule has 9 heteroatoms. The van der Waals surface area contributed by atoms with Gasteiger partial charge in [-0.1, -0.05) is 6.92 Å². The van der Waals surface area contributed by atoms with Crippen LogP contribution in [0, 0.1) is 0 Å². The molecule has 112 valence electrons. The number of halogens is 1. The number of rotatable bonds is 3. The topological polar surface area (TPSA) is 78.7 Å². The van der Waals surface area contributed by atoms with E-state index in [-0.39, 0.29) is 6.04 Å². The van der Waals surface area contributed by atoms with Crippen LogP contribution in [0.4, 0.5) is 0 Å². The molecule has 22 heavy (non-hydrogen) atoms. The molecular formula is C13H13BrN8. The van der Waals surface area contributed by atoms with Crippen LogP contribution in [0.1, 0.15) is 25.2 Å². The van der Waals surface area contributed by atoms with Gasteiger partial charge >= 0.3 is 0 Å². The zero-order chi connectivity index (χ0) is 15.3. The molecule has 0 fully saturated rings. The molecule has 0 spiro atoms. The Morgan fingerprint density at radius 1 is 1.23 bits per heavy atom. The van der Waals surface area contributed by atoms with Gasteiger partial charge < -0.3 is 0 Å². The lowest BCUT2D eigenvalue weighted by Crippen LogP contribution is -2.12. The van der Waals surface area contributed by atoms with E-state index >= 15 is 0 Å². The first-order valence-corrected chi connectivity index (χ1v) is 7.69. The summed E-state index contributed by atoms with van der Waals surface area (Å²) in [5.41, 5.74) is 1.55. The monoisotopic (exact) mass is 360 g/mol. The molecule has 0 N–H and O–H groups in total. The average molecular weight is 361 g/mol. The quantitative estimate of drug-likeness (QED) is 0.558. The number of hydrogen-bond acceptors (Lipinski definition) is 5. The standard InChI is InChI=1S/C13H13BrN8/c1-3-10(21-6-8(14)4-17-21)11-18-13-9-5-16-20(2)12(9)15-7-22(13)19-11/h4-7,10H,3H2,1-2H3/t10-/m0/s1. The summed E-state index contributed by atoms with van der Waals surface area (Å²) in [4.78, 5) is 9.07. The molecule has 0 aromatic carbocycles. The van der Waals surface area contributed by atoms with Crippen LogP contribution in [0.3, 0.4) is 0 Å². The molecule has 0 unspecified atom stereocenters. The van der Waals surface area contributed by atoms with E-state index in [0.717, 1.165) is 33.4 Å². The zero-order valence-electron chi connectivity index (χ0n) is 12.0. The lowest BCUT2D eigenvalue weighted by molar-refractivity contribution is 0.484. The van der Waals surface area contributed by atoms with Gasteiger partial charge in [0.05, 0.1) is 22.3 Å². The average Bonchev–Trinajstić information content (AvgIpc) is 3.19. The van der Waals surface area contributed by atoms with Crippen molar-refractivity contribution in [3.63, 3.8) is 0 Å². The highest BCUT2D eigenvalue weighted by Gasteiger charge is 2.20. The Morgan fingerprint density at radius 3 is 2.82 bits per heavy atom. The molecule has 0 amide bonds. The maximum absolute atomic E-state index is 4.69. The lowest BCUT2D eigenvalue weighted by atomic mass is 10.2. The van der Waals surface area contributed by atoms with Crippen molar-refractivity contribution < 1.29 is 0 Å². The van der Waals surface area contributed by atoms with Crippen LogP contribution in [0.2, 0.25) is 0 Å². The van der Waals surface area contributed by atoms with Gasteiger partial charge in [0.1, 0.15) is 12.4 Å². The van der Waals surface area contributed by atoms with E-state index in [2.05, 4.69) is 43.1 Å². The van der Waals surface area contributed by atoms with Gasteiger partial charge in [0.2, 0.25) is 0 Å². The van der Waals surface area contributed by atoms with Crippen molar-refractivity contribution in [2.45, 2.75) is 19.4 Å². The van der Waals surface area contributed by atoms with Crippen LogP contribution >= 0.6 is 15.9 Å². The SMILES string of the molecule is CC[C@@H](c1nc2c3cnn(C)c3ncn2n1)n1cc(Br)cn1. The number of fused-ring (bicyclic) bond motifs is 3. The van der Waals surface area contributed by atoms with Crippen LogP contribution in [-0.2, 0) is 7.05 Å². The highest BCUT2D eigenvalue weighted by atomic mass is 79.9. The van der Waals surface area contributed by atoms with E-state index in [1.165, 1.54) is 0 Å². The van der Waals surface area contributed by atoms with E-state index in [1.807, 2.05) is 17.9 Å². The third-order valence-electron chi connectivity index (χ3n) is 3.66. The minimum absolute atomic E-state index is 0.0158. The summed E-state index contributed by atoms with van der Waals surface area (Å²) < 4.78 is 6.23. The van der Waals surface area contributed by atoms with Crippen LogP contribution in [0.15, 0.2) is 29.4 Å². The highest BCUT2D eigenvalue weighted by molar-refractivity contribution is 9.10.